The molecular weight excluding hydrogens is 339 g/mol. The molecule has 1 aromatic heterocycles. The van der Waals surface area contributed by atoms with Gasteiger partial charge in [-0.3, -0.25) is 0 Å². The maximum absolute atomic E-state index is 13.2. The third-order valence-electron chi connectivity index (χ3n) is 3.73. The van der Waals surface area contributed by atoms with Crippen molar-refractivity contribution in [3.05, 3.63) is 24.4 Å². The second kappa shape index (κ2) is 7.78. The van der Waals surface area contributed by atoms with Crippen LogP contribution in [0, 0.1) is 0 Å². The molecular formula is C15H20F3N5S. The molecule has 5 nitrogen and oxygen atoms in total. The SMILES string of the molecule is C=CCNC(=S)Nc1nc(N2CCCCC2C)cc(C(F)(F)F)n1. The molecule has 2 heterocycles. The molecule has 0 aliphatic carbocycles. The molecule has 1 atom stereocenters. The van der Waals surface area contributed by atoms with Gasteiger partial charge in [0.2, 0.25) is 5.95 Å². The summed E-state index contributed by atoms with van der Waals surface area (Å²) in [5.74, 6) is 0.0951. The Morgan fingerprint density at radius 2 is 2.21 bits per heavy atom. The number of halogens is 3. The van der Waals surface area contributed by atoms with Crippen molar-refractivity contribution in [1.29, 1.82) is 0 Å². The molecule has 1 fully saturated rings. The highest BCUT2D eigenvalue weighted by Gasteiger charge is 2.35. The van der Waals surface area contributed by atoms with E-state index in [1.165, 1.54) is 0 Å². The Bertz CT molecular complexity index is 605. The van der Waals surface area contributed by atoms with E-state index in [1.807, 2.05) is 11.8 Å². The molecule has 24 heavy (non-hydrogen) atoms. The Balaban J connectivity index is 2.31. The first-order valence-electron chi connectivity index (χ1n) is 7.70. The van der Waals surface area contributed by atoms with E-state index in [1.54, 1.807) is 6.08 Å². The number of anilines is 2. The highest BCUT2D eigenvalue weighted by atomic mass is 32.1. The number of aromatic nitrogens is 2. The molecule has 0 aromatic carbocycles. The summed E-state index contributed by atoms with van der Waals surface area (Å²) in [5, 5.41) is 5.53. The molecule has 2 rings (SSSR count). The van der Waals surface area contributed by atoms with Crippen LogP contribution in [0.5, 0.6) is 0 Å². The summed E-state index contributed by atoms with van der Waals surface area (Å²) in [6, 6.07) is 1.13. The van der Waals surface area contributed by atoms with Crippen molar-refractivity contribution < 1.29 is 13.2 Å². The van der Waals surface area contributed by atoms with Gasteiger partial charge in [0.1, 0.15) is 5.82 Å². The average molecular weight is 359 g/mol. The lowest BCUT2D eigenvalue weighted by Crippen LogP contribution is -2.38. The van der Waals surface area contributed by atoms with E-state index in [2.05, 4.69) is 27.2 Å². The smallest absolute Gasteiger partial charge is 0.359 e. The molecule has 1 aromatic rings. The van der Waals surface area contributed by atoms with Gasteiger partial charge in [-0.05, 0) is 38.4 Å². The fraction of sp³-hybridized carbons (Fsp3) is 0.533. The van der Waals surface area contributed by atoms with E-state index >= 15 is 0 Å². The van der Waals surface area contributed by atoms with Crippen LogP contribution in [0.1, 0.15) is 31.9 Å². The highest BCUT2D eigenvalue weighted by Crippen LogP contribution is 2.32. The van der Waals surface area contributed by atoms with Gasteiger partial charge < -0.3 is 15.5 Å². The molecule has 1 aliphatic rings. The predicted molar refractivity (Wildman–Crippen MR) is 92.1 cm³/mol. The van der Waals surface area contributed by atoms with Crippen molar-refractivity contribution in [1.82, 2.24) is 15.3 Å². The minimum atomic E-state index is -4.55. The quantitative estimate of drug-likeness (QED) is 0.635. The topological polar surface area (TPSA) is 53.1 Å². The average Bonchev–Trinajstić information content (AvgIpc) is 2.52. The normalized spacial score (nSPS) is 18.2. The second-order valence-corrected chi connectivity index (χ2v) is 6.00. The molecule has 1 unspecified atom stereocenters. The Morgan fingerprint density at radius 1 is 1.46 bits per heavy atom. The van der Waals surface area contributed by atoms with Crippen LogP contribution in [0.15, 0.2) is 18.7 Å². The standard InChI is InChI=1S/C15H20F3N5S/c1-3-7-19-14(24)22-13-20-11(15(16,17)18)9-12(21-13)23-8-5-4-6-10(23)2/h3,9-10H,1,4-8H2,2H3,(H2,19,20,21,22,24). The Kier molecular flexibility index (Phi) is 5.98. The number of rotatable bonds is 4. The predicted octanol–water partition coefficient (Wildman–Crippen LogP) is 3.35. The van der Waals surface area contributed by atoms with Crippen LogP contribution in [0.2, 0.25) is 0 Å². The number of nitrogens with zero attached hydrogens (tertiary/aromatic N) is 3. The van der Waals surface area contributed by atoms with Gasteiger partial charge in [0.15, 0.2) is 10.8 Å². The van der Waals surface area contributed by atoms with Gasteiger partial charge in [0.05, 0.1) is 0 Å². The molecule has 1 saturated heterocycles. The number of piperidine rings is 1. The van der Waals surface area contributed by atoms with Crippen molar-refractivity contribution in [3.8, 4) is 0 Å². The van der Waals surface area contributed by atoms with Crippen LogP contribution in [-0.2, 0) is 6.18 Å². The summed E-state index contributed by atoms with van der Waals surface area (Å²) in [5.41, 5.74) is -0.987. The molecule has 2 N–H and O–H groups in total. The highest BCUT2D eigenvalue weighted by molar-refractivity contribution is 7.80. The summed E-state index contributed by atoms with van der Waals surface area (Å²) in [6.45, 7) is 6.58. The first kappa shape index (κ1) is 18.4. The number of hydrogen-bond donors (Lipinski definition) is 2. The van der Waals surface area contributed by atoms with Gasteiger partial charge >= 0.3 is 6.18 Å². The molecule has 0 radical (unpaired) electrons. The van der Waals surface area contributed by atoms with E-state index in [0.29, 0.717) is 13.1 Å². The monoisotopic (exact) mass is 359 g/mol. The molecule has 0 spiro atoms. The van der Waals surface area contributed by atoms with Gasteiger partial charge in [-0.1, -0.05) is 6.08 Å². The third-order valence-corrected chi connectivity index (χ3v) is 3.98. The zero-order valence-electron chi connectivity index (χ0n) is 13.4. The lowest BCUT2D eigenvalue weighted by atomic mass is 10.0. The van der Waals surface area contributed by atoms with Crippen molar-refractivity contribution in [2.45, 2.75) is 38.4 Å². The van der Waals surface area contributed by atoms with Crippen LogP contribution in [0.3, 0.4) is 0 Å². The van der Waals surface area contributed by atoms with Gasteiger partial charge in [0, 0.05) is 25.2 Å². The molecule has 0 bridgehead atoms. The van der Waals surface area contributed by atoms with Crippen LogP contribution in [-0.4, -0.2) is 34.2 Å². The van der Waals surface area contributed by atoms with Gasteiger partial charge in [-0.15, -0.1) is 6.58 Å². The maximum Gasteiger partial charge on any atom is 0.433 e. The number of nitrogens with one attached hydrogen (secondary N) is 2. The van der Waals surface area contributed by atoms with Crippen molar-refractivity contribution >= 4 is 29.1 Å². The molecule has 0 saturated carbocycles. The van der Waals surface area contributed by atoms with Crippen molar-refractivity contribution in [2.24, 2.45) is 0 Å². The van der Waals surface area contributed by atoms with Crippen LogP contribution in [0.25, 0.3) is 0 Å². The van der Waals surface area contributed by atoms with E-state index < -0.39 is 11.9 Å². The minimum absolute atomic E-state index is 0.133. The first-order valence-corrected chi connectivity index (χ1v) is 8.10. The summed E-state index contributed by atoms with van der Waals surface area (Å²) in [4.78, 5) is 9.65. The van der Waals surface area contributed by atoms with Gasteiger partial charge in [0.25, 0.3) is 0 Å². The zero-order chi connectivity index (χ0) is 17.7. The van der Waals surface area contributed by atoms with Crippen LogP contribution >= 0.6 is 12.2 Å². The van der Waals surface area contributed by atoms with Gasteiger partial charge in [-0.25, -0.2) is 4.98 Å². The van der Waals surface area contributed by atoms with Crippen molar-refractivity contribution in [2.75, 3.05) is 23.3 Å². The lowest BCUT2D eigenvalue weighted by molar-refractivity contribution is -0.141. The third kappa shape index (κ3) is 4.80. The Labute approximate surface area is 144 Å². The summed E-state index contributed by atoms with van der Waals surface area (Å²) < 4.78 is 39.5. The van der Waals surface area contributed by atoms with E-state index in [4.69, 9.17) is 12.2 Å². The van der Waals surface area contributed by atoms with E-state index in [-0.39, 0.29) is 22.9 Å². The zero-order valence-corrected chi connectivity index (χ0v) is 14.2. The van der Waals surface area contributed by atoms with Crippen molar-refractivity contribution in [3.63, 3.8) is 0 Å². The molecule has 0 amide bonds. The van der Waals surface area contributed by atoms with E-state index in [0.717, 1.165) is 25.3 Å². The number of alkyl halides is 3. The minimum Gasteiger partial charge on any atom is -0.359 e. The largest absolute Gasteiger partial charge is 0.433 e. The molecule has 9 heteroatoms. The summed E-state index contributed by atoms with van der Waals surface area (Å²) in [7, 11) is 0. The molecule has 1 aliphatic heterocycles. The summed E-state index contributed by atoms with van der Waals surface area (Å²) >= 11 is 5.02. The van der Waals surface area contributed by atoms with Crippen LogP contribution < -0.4 is 15.5 Å². The van der Waals surface area contributed by atoms with E-state index in [9.17, 15) is 13.2 Å². The maximum atomic E-state index is 13.2. The Morgan fingerprint density at radius 3 is 2.83 bits per heavy atom. The second-order valence-electron chi connectivity index (χ2n) is 5.59. The number of hydrogen-bond acceptors (Lipinski definition) is 4. The van der Waals surface area contributed by atoms with Crippen LogP contribution in [0.4, 0.5) is 24.9 Å². The molecule has 132 valence electrons. The summed E-state index contributed by atoms with van der Waals surface area (Å²) in [6.07, 6.45) is -0.0498. The van der Waals surface area contributed by atoms with Gasteiger partial charge in [-0.2, -0.15) is 18.2 Å². The fourth-order valence-electron chi connectivity index (χ4n) is 2.53. The number of thiocarbonyl (C=S) groups is 1. The Hall–Kier alpha value is -1.90. The fourth-order valence-corrected chi connectivity index (χ4v) is 2.71. The first-order chi connectivity index (χ1) is 11.3. The lowest BCUT2D eigenvalue weighted by Gasteiger charge is -2.34.